The van der Waals surface area contributed by atoms with Crippen molar-refractivity contribution in [2.75, 3.05) is 51.9 Å². The van der Waals surface area contributed by atoms with Gasteiger partial charge in [0, 0.05) is 25.1 Å². The number of nitrogens with zero attached hydrogens (tertiary/aromatic N) is 1. The van der Waals surface area contributed by atoms with E-state index >= 15 is 0 Å². The molecule has 0 atom stereocenters. The Bertz CT molecular complexity index is 441. The van der Waals surface area contributed by atoms with Crippen LogP contribution in [0.3, 0.4) is 0 Å². The van der Waals surface area contributed by atoms with Gasteiger partial charge in [-0.1, -0.05) is 61.8 Å². The van der Waals surface area contributed by atoms with Crippen molar-refractivity contribution in [1.29, 1.82) is 0 Å². The first kappa shape index (κ1) is 26.7. The zero-order valence-electron chi connectivity index (χ0n) is 17.9. The molecule has 29 heavy (non-hydrogen) atoms. The maximum atomic E-state index is 5.59. The maximum Gasteiger partial charge on any atom is 0.106 e. The summed E-state index contributed by atoms with van der Waals surface area (Å²) in [5, 5.41) is 1.11. The van der Waals surface area contributed by atoms with Crippen molar-refractivity contribution in [2.45, 2.75) is 62.8 Å². The van der Waals surface area contributed by atoms with Crippen molar-refractivity contribution in [3.8, 4) is 0 Å². The van der Waals surface area contributed by atoms with Gasteiger partial charge in [0.15, 0.2) is 0 Å². The van der Waals surface area contributed by atoms with Gasteiger partial charge < -0.3 is 19.9 Å². The van der Waals surface area contributed by atoms with Gasteiger partial charge >= 0.3 is 0 Å². The lowest BCUT2D eigenvalue weighted by molar-refractivity contribution is 0.0153. The Morgan fingerprint density at radius 2 is 1.28 bits per heavy atom. The Labute approximate surface area is 185 Å². The number of nitrogens with two attached hydrogens (primary N) is 1. The second-order valence-electron chi connectivity index (χ2n) is 6.88. The number of aromatic nitrogens is 1. The highest BCUT2D eigenvalue weighted by molar-refractivity contribution is 8.76. The van der Waals surface area contributed by atoms with E-state index in [0.717, 1.165) is 18.1 Å². The van der Waals surface area contributed by atoms with Crippen LogP contribution in [0.25, 0.3) is 0 Å². The topological polar surface area (TPSA) is 66.6 Å². The van der Waals surface area contributed by atoms with Gasteiger partial charge in [-0.25, -0.2) is 4.98 Å². The molecule has 0 radical (unpaired) electrons. The summed E-state index contributed by atoms with van der Waals surface area (Å²) in [4.78, 5) is 4.32. The first-order valence-corrected chi connectivity index (χ1v) is 13.4. The van der Waals surface area contributed by atoms with Crippen LogP contribution < -0.4 is 5.73 Å². The predicted octanol–water partition coefficient (Wildman–Crippen LogP) is 5.34. The number of hydrogen-bond donors (Lipinski definition) is 1. The number of rotatable bonds is 22. The Kier molecular flexibility index (Phi) is 20.6. The second-order valence-corrected chi connectivity index (χ2v) is 9.32. The molecule has 7 heteroatoms. The fourth-order valence-corrected chi connectivity index (χ4v) is 4.75. The van der Waals surface area contributed by atoms with Gasteiger partial charge in [-0.15, -0.1) is 0 Å². The predicted molar refractivity (Wildman–Crippen MR) is 126 cm³/mol. The van der Waals surface area contributed by atoms with Crippen LogP contribution >= 0.6 is 21.6 Å². The van der Waals surface area contributed by atoms with Crippen LogP contribution in [0.1, 0.15) is 57.8 Å². The van der Waals surface area contributed by atoms with Crippen LogP contribution in [0.15, 0.2) is 29.4 Å². The quantitative estimate of drug-likeness (QED) is 0.191. The molecule has 0 spiro atoms. The minimum absolute atomic E-state index is 0.565. The van der Waals surface area contributed by atoms with Gasteiger partial charge in [0.1, 0.15) is 5.03 Å². The molecule has 0 bridgehead atoms. The third kappa shape index (κ3) is 19.4. The first-order chi connectivity index (χ1) is 14.4. The zero-order valence-corrected chi connectivity index (χ0v) is 19.5. The van der Waals surface area contributed by atoms with Crippen LogP contribution in [-0.2, 0) is 14.2 Å². The molecule has 0 unspecified atom stereocenters. The SMILES string of the molecule is NCCOCCOCCOCCCCCCCCCCCSSc1ccccn1. The van der Waals surface area contributed by atoms with Crippen LogP contribution in [0.2, 0.25) is 0 Å². The van der Waals surface area contributed by atoms with Crippen molar-refractivity contribution in [3.63, 3.8) is 0 Å². The van der Waals surface area contributed by atoms with Crippen molar-refractivity contribution in [2.24, 2.45) is 5.73 Å². The molecule has 1 aromatic heterocycles. The Hall–Kier alpha value is -0.310. The standard InChI is InChI=1S/C22H40N2O3S2/c23-13-16-26-18-20-27-19-17-25-15-10-6-4-2-1-3-5-7-11-21-28-29-22-12-8-9-14-24-22/h8-9,12,14H,1-7,10-11,13,15-21,23H2. The Morgan fingerprint density at radius 1 is 0.690 bits per heavy atom. The average molecular weight is 445 g/mol. The van der Waals surface area contributed by atoms with Crippen molar-refractivity contribution in [3.05, 3.63) is 24.4 Å². The van der Waals surface area contributed by atoms with E-state index in [1.807, 2.05) is 29.1 Å². The van der Waals surface area contributed by atoms with Crippen LogP contribution in [0, 0.1) is 0 Å². The summed E-state index contributed by atoms with van der Waals surface area (Å²) in [6, 6.07) is 6.08. The summed E-state index contributed by atoms with van der Waals surface area (Å²) in [7, 11) is 3.71. The van der Waals surface area contributed by atoms with Gasteiger partial charge in [-0.2, -0.15) is 0 Å². The van der Waals surface area contributed by atoms with Crippen molar-refractivity contribution >= 4 is 21.6 Å². The number of pyridine rings is 1. The van der Waals surface area contributed by atoms with Gasteiger partial charge in [-0.3, -0.25) is 0 Å². The summed E-state index contributed by atoms with van der Waals surface area (Å²) < 4.78 is 16.2. The van der Waals surface area contributed by atoms with Crippen LogP contribution in [0.4, 0.5) is 0 Å². The molecule has 1 rings (SSSR count). The van der Waals surface area contributed by atoms with E-state index < -0.39 is 0 Å². The van der Waals surface area contributed by atoms with E-state index in [-0.39, 0.29) is 0 Å². The molecule has 0 amide bonds. The summed E-state index contributed by atoms with van der Waals surface area (Å²) in [5.74, 6) is 1.22. The molecule has 2 N–H and O–H groups in total. The van der Waals surface area contributed by atoms with Crippen LogP contribution in [-0.4, -0.2) is 56.9 Å². The highest BCUT2D eigenvalue weighted by Crippen LogP contribution is 2.29. The number of hydrogen-bond acceptors (Lipinski definition) is 7. The summed E-state index contributed by atoms with van der Waals surface area (Å²) >= 11 is 0. The minimum atomic E-state index is 0.565. The summed E-state index contributed by atoms with van der Waals surface area (Å²) in [5.41, 5.74) is 5.34. The van der Waals surface area contributed by atoms with Gasteiger partial charge in [0.05, 0.1) is 33.0 Å². The molecular formula is C22H40N2O3S2. The molecule has 0 aliphatic heterocycles. The Balaban J connectivity index is 1.66. The lowest BCUT2D eigenvalue weighted by Gasteiger charge is -2.06. The highest BCUT2D eigenvalue weighted by atomic mass is 33.1. The second kappa shape index (κ2) is 22.4. The normalized spacial score (nSPS) is 11.2. The summed E-state index contributed by atoms with van der Waals surface area (Å²) in [6.45, 7) is 4.57. The molecule has 0 saturated carbocycles. The van der Waals surface area contributed by atoms with E-state index in [4.69, 9.17) is 19.9 Å². The van der Waals surface area contributed by atoms with E-state index in [1.54, 1.807) is 10.8 Å². The molecule has 0 saturated heterocycles. The van der Waals surface area contributed by atoms with E-state index in [0.29, 0.717) is 39.6 Å². The van der Waals surface area contributed by atoms with E-state index in [1.165, 1.54) is 57.1 Å². The smallest absolute Gasteiger partial charge is 0.106 e. The molecule has 5 nitrogen and oxygen atoms in total. The third-order valence-corrected chi connectivity index (χ3v) is 6.66. The first-order valence-electron chi connectivity index (χ1n) is 11.1. The fraction of sp³-hybridized carbons (Fsp3) is 0.773. The number of ether oxygens (including phenoxy) is 3. The largest absolute Gasteiger partial charge is 0.379 e. The van der Waals surface area contributed by atoms with E-state index in [9.17, 15) is 0 Å². The molecule has 168 valence electrons. The molecular weight excluding hydrogens is 404 g/mol. The van der Waals surface area contributed by atoms with Crippen molar-refractivity contribution in [1.82, 2.24) is 4.98 Å². The molecule has 0 aliphatic carbocycles. The van der Waals surface area contributed by atoms with Gasteiger partial charge in [0.2, 0.25) is 0 Å². The zero-order chi connectivity index (χ0) is 20.7. The monoisotopic (exact) mass is 444 g/mol. The minimum Gasteiger partial charge on any atom is -0.379 e. The van der Waals surface area contributed by atoms with E-state index in [2.05, 4.69) is 11.1 Å². The average Bonchev–Trinajstić information content (AvgIpc) is 2.75. The molecule has 0 aromatic carbocycles. The molecule has 0 fully saturated rings. The Morgan fingerprint density at radius 3 is 1.90 bits per heavy atom. The lowest BCUT2D eigenvalue weighted by atomic mass is 10.1. The third-order valence-electron chi connectivity index (χ3n) is 4.30. The summed E-state index contributed by atoms with van der Waals surface area (Å²) in [6.07, 6.45) is 13.8. The molecule has 1 heterocycles. The lowest BCUT2D eigenvalue weighted by Crippen LogP contribution is -2.13. The van der Waals surface area contributed by atoms with Crippen LogP contribution in [0.5, 0.6) is 0 Å². The molecule has 1 aromatic rings. The van der Waals surface area contributed by atoms with Gasteiger partial charge in [0.25, 0.3) is 0 Å². The van der Waals surface area contributed by atoms with Gasteiger partial charge in [-0.05, 0) is 35.8 Å². The maximum absolute atomic E-state index is 5.59. The highest BCUT2D eigenvalue weighted by Gasteiger charge is 1.97. The fourth-order valence-electron chi connectivity index (χ4n) is 2.73. The number of unbranched alkanes of at least 4 members (excludes halogenated alkanes) is 8. The molecule has 0 aliphatic rings. The van der Waals surface area contributed by atoms with Crippen molar-refractivity contribution < 1.29 is 14.2 Å².